The minimum atomic E-state index is -0.467. The summed E-state index contributed by atoms with van der Waals surface area (Å²) in [6.07, 6.45) is 0.480. The van der Waals surface area contributed by atoms with Crippen LogP contribution in [0.15, 0.2) is 54.6 Å². The van der Waals surface area contributed by atoms with Crippen LogP contribution >= 0.6 is 0 Å². The number of nitrogens with zero attached hydrogens (tertiary/aromatic N) is 3. The molecule has 0 aliphatic rings. The van der Waals surface area contributed by atoms with E-state index in [4.69, 9.17) is 9.47 Å². The number of aryl methyl sites for hydroxylation is 1. The van der Waals surface area contributed by atoms with Crippen LogP contribution in [0.25, 0.3) is 16.7 Å². The highest BCUT2D eigenvalue weighted by molar-refractivity contribution is 5.86. The molecule has 0 amide bonds. The van der Waals surface area contributed by atoms with Crippen LogP contribution in [0.4, 0.5) is 0 Å². The summed E-state index contributed by atoms with van der Waals surface area (Å²) in [7, 11) is 0. The molecule has 0 fully saturated rings. The number of rotatable bonds is 7. The van der Waals surface area contributed by atoms with E-state index in [1.807, 2.05) is 43.3 Å². The molecule has 1 heterocycles. The molecule has 0 saturated heterocycles. The average molecular weight is 379 g/mol. The number of hydrogen-bond donors (Lipinski definition) is 0. The standard InChI is InChI=1S/C21H21N3O4/c1-14(2)21(26)27-12-6-9-20(25)28-19-11-10-15(3)13-18(19)24-22-16-7-4-5-8-17(16)23-24/h4-5,7-8,10-11,13H,1,6,9,12H2,2-3H3. The predicted octanol–water partition coefficient (Wildman–Crippen LogP) is 3.53. The third-order valence-corrected chi connectivity index (χ3v) is 3.95. The third kappa shape index (κ3) is 4.62. The molecular formula is C21H21N3O4. The Hall–Kier alpha value is -3.48. The van der Waals surface area contributed by atoms with Gasteiger partial charge in [0.05, 0.1) is 6.61 Å². The Labute approximate surface area is 162 Å². The van der Waals surface area contributed by atoms with E-state index in [-0.39, 0.29) is 13.0 Å². The largest absolute Gasteiger partial charge is 0.462 e. The molecule has 3 rings (SSSR count). The normalized spacial score (nSPS) is 10.6. The van der Waals surface area contributed by atoms with E-state index in [1.165, 1.54) is 4.80 Å². The van der Waals surface area contributed by atoms with Gasteiger partial charge in [-0.05, 0) is 50.1 Å². The van der Waals surface area contributed by atoms with Crippen LogP contribution in [0.1, 0.15) is 25.3 Å². The van der Waals surface area contributed by atoms with Crippen LogP contribution in [-0.4, -0.2) is 33.5 Å². The fourth-order valence-corrected chi connectivity index (χ4v) is 2.52. The van der Waals surface area contributed by atoms with Crippen molar-refractivity contribution in [2.45, 2.75) is 26.7 Å². The van der Waals surface area contributed by atoms with Gasteiger partial charge in [-0.1, -0.05) is 24.8 Å². The molecule has 7 heteroatoms. The van der Waals surface area contributed by atoms with Gasteiger partial charge in [0.2, 0.25) is 0 Å². The molecule has 0 spiro atoms. The zero-order valence-electron chi connectivity index (χ0n) is 15.8. The zero-order valence-corrected chi connectivity index (χ0v) is 15.8. The fourth-order valence-electron chi connectivity index (χ4n) is 2.52. The summed E-state index contributed by atoms with van der Waals surface area (Å²) in [6.45, 7) is 7.15. The van der Waals surface area contributed by atoms with Crippen molar-refractivity contribution < 1.29 is 19.1 Å². The van der Waals surface area contributed by atoms with Crippen molar-refractivity contribution in [1.82, 2.24) is 15.0 Å². The van der Waals surface area contributed by atoms with Crippen LogP contribution in [-0.2, 0) is 14.3 Å². The molecule has 28 heavy (non-hydrogen) atoms. The highest BCUT2D eigenvalue weighted by Crippen LogP contribution is 2.25. The van der Waals surface area contributed by atoms with Gasteiger partial charge in [-0.3, -0.25) is 4.79 Å². The van der Waals surface area contributed by atoms with E-state index in [2.05, 4.69) is 16.8 Å². The van der Waals surface area contributed by atoms with E-state index in [1.54, 1.807) is 13.0 Å². The van der Waals surface area contributed by atoms with Crippen molar-refractivity contribution in [1.29, 1.82) is 0 Å². The Morgan fingerprint density at radius 1 is 1.11 bits per heavy atom. The van der Waals surface area contributed by atoms with E-state index in [0.29, 0.717) is 23.4 Å². The third-order valence-electron chi connectivity index (χ3n) is 3.95. The summed E-state index contributed by atoms with van der Waals surface area (Å²) in [4.78, 5) is 25.0. The number of carbonyl (C=O) groups is 2. The van der Waals surface area contributed by atoms with Crippen molar-refractivity contribution in [2.24, 2.45) is 0 Å². The van der Waals surface area contributed by atoms with Crippen molar-refractivity contribution in [3.8, 4) is 11.4 Å². The van der Waals surface area contributed by atoms with Gasteiger partial charge in [-0.15, -0.1) is 15.0 Å². The molecule has 1 aromatic heterocycles. The quantitative estimate of drug-likeness (QED) is 0.270. The summed E-state index contributed by atoms with van der Waals surface area (Å²) in [5, 5.41) is 8.90. The second-order valence-corrected chi connectivity index (χ2v) is 6.44. The first-order valence-corrected chi connectivity index (χ1v) is 8.90. The fraction of sp³-hybridized carbons (Fsp3) is 0.238. The summed E-state index contributed by atoms with van der Waals surface area (Å²) < 4.78 is 10.5. The van der Waals surface area contributed by atoms with E-state index >= 15 is 0 Å². The molecule has 0 unspecified atom stereocenters. The number of benzene rings is 2. The van der Waals surface area contributed by atoms with Gasteiger partial charge < -0.3 is 9.47 Å². The van der Waals surface area contributed by atoms with Crippen LogP contribution in [0.3, 0.4) is 0 Å². The lowest BCUT2D eigenvalue weighted by Crippen LogP contribution is -2.13. The molecule has 3 aromatic rings. The lowest BCUT2D eigenvalue weighted by molar-refractivity contribution is -0.141. The minimum Gasteiger partial charge on any atom is -0.462 e. The van der Waals surface area contributed by atoms with Gasteiger partial charge in [0.25, 0.3) is 0 Å². The summed E-state index contributed by atoms with van der Waals surface area (Å²) >= 11 is 0. The zero-order chi connectivity index (χ0) is 20.1. The molecule has 0 saturated carbocycles. The second-order valence-electron chi connectivity index (χ2n) is 6.44. The number of aromatic nitrogens is 3. The monoisotopic (exact) mass is 379 g/mol. The van der Waals surface area contributed by atoms with Gasteiger partial charge in [0, 0.05) is 12.0 Å². The van der Waals surface area contributed by atoms with Crippen molar-refractivity contribution in [3.05, 3.63) is 60.2 Å². The van der Waals surface area contributed by atoms with Crippen molar-refractivity contribution >= 4 is 23.0 Å². The topological polar surface area (TPSA) is 83.3 Å². The lowest BCUT2D eigenvalue weighted by Gasteiger charge is -2.10. The average Bonchev–Trinajstić information content (AvgIpc) is 3.10. The summed E-state index contributed by atoms with van der Waals surface area (Å²) in [5.41, 5.74) is 3.40. The minimum absolute atomic E-state index is 0.116. The van der Waals surface area contributed by atoms with Crippen LogP contribution in [0.2, 0.25) is 0 Å². The number of hydrogen-bond acceptors (Lipinski definition) is 6. The number of esters is 2. The molecule has 144 valence electrons. The Kier molecular flexibility index (Phi) is 5.84. The smallest absolute Gasteiger partial charge is 0.333 e. The Balaban J connectivity index is 1.69. The van der Waals surface area contributed by atoms with Gasteiger partial charge in [-0.2, -0.15) is 0 Å². The van der Waals surface area contributed by atoms with E-state index in [0.717, 1.165) is 16.6 Å². The maximum atomic E-state index is 12.2. The SMILES string of the molecule is C=C(C)C(=O)OCCCC(=O)Oc1ccc(C)cc1-n1nc2ccccc2n1. The summed E-state index contributed by atoms with van der Waals surface area (Å²) in [6, 6.07) is 12.9. The lowest BCUT2D eigenvalue weighted by atomic mass is 10.2. The highest BCUT2D eigenvalue weighted by Gasteiger charge is 2.14. The molecule has 0 atom stereocenters. The molecular weight excluding hydrogens is 358 g/mol. The van der Waals surface area contributed by atoms with Crippen molar-refractivity contribution in [2.75, 3.05) is 6.61 Å². The number of fused-ring (bicyclic) bond motifs is 1. The Morgan fingerprint density at radius 2 is 1.79 bits per heavy atom. The first-order valence-electron chi connectivity index (χ1n) is 8.90. The Bertz CT molecular complexity index is 1010. The van der Waals surface area contributed by atoms with Gasteiger partial charge in [0.1, 0.15) is 16.7 Å². The maximum absolute atomic E-state index is 12.2. The predicted molar refractivity (Wildman–Crippen MR) is 104 cm³/mol. The van der Waals surface area contributed by atoms with Gasteiger partial charge in [0.15, 0.2) is 5.75 Å². The number of carbonyl (C=O) groups excluding carboxylic acids is 2. The van der Waals surface area contributed by atoms with Crippen LogP contribution in [0, 0.1) is 6.92 Å². The molecule has 0 aliphatic carbocycles. The highest BCUT2D eigenvalue weighted by atomic mass is 16.5. The molecule has 0 radical (unpaired) electrons. The molecule has 0 N–H and O–H groups in total. The van der Waals surface area contributed by atoms with Crippen LogP contribution < -0.4 is 4.74 Å². The van der Waals surface area contributed by atoms with Gasteiger partial charge >= 0.3 is 11.9 Å². The van der Waals surface area contributed by atoms with Crippen LogP contribution in [0.5, 0.6) is 5.75 Å². The van der Waals surface area contributed by atoms with Gasteiger partial charge in [-0.25, -0.2) is 4.79 Å². The molecule has 0 aliphatic heterocycles. The van der Waals surface area contributed by atoms with E-state index in [9.17, 15) is 9.59 Å². The van der Waals surface area contributed by atoms with Crippen molar-refractivity contribution in [3.63, 3.8) is 0 Å². The van der Waals surface area contributed by atoms with E-state index < -0.39 is 11.9 Å². The number of ether oxygens (including phenoxy) is 2. The summed E-state index contributed by atoms with van der Waals surface area (Å²) in [5.74, 6) is -0.519. The molecule has 0 bridgehead atoms. The second kappa shape index (κ2) is 8.47. The maximum Gasteiger partial charge on any atom is 0.333 e. The first kappa shape index (κ1) is 19.3. The first-order chi connectivity index (χ1) is 13.4. The Morgan fingerprint density at radius 3 is 2.43 bits per heavy atom. The molecule has 7 nitrogen and oxygen atoms in total. The molecule has 2 aromatic carbocycles.